The number of carboxylic acid groups (broad SMARTS) is 1. The molecule has 1 saturated carbocycles. The minimum absolute atomic E-state index is 0.113. The Labute approximate surface area is 179 Å². The second-order valence-corrected chi connectivity index (χ2v) is 9.29. The molecule has 164 valence electrons. The zero-order valence-corrected chi connectivity index (χ0v) is 18.1. The van der Waals surface area contributed by atoms with Gasteiger partial charge >= 0.3 is 6.09 Å². The lowest BCUT2D eigenvalue weighted by molar-refractivity contribution is -0.137. The third-order valence-electron chi connectivity index (χ3n) is 7.60. The molecule has 1 N–H and O–H groups in total. The minimum Gasteiger partial charge on any atom is -0.465 e. The van der Waals surface area contributed by atoms with Crippen LogP contribution >= 0.6 is 0 Å². The van der Waals surface area contributed by atoms with Gasteiger partial charge in [0.25, 0.3) is 0 Å². The highest BCUT2D eigenvalue weighted by molar-refractivity contribution is 5.81. The van der Waals surface area contributed by atoms with Gasteiger partial charge in [-0.15, -0.1) is 0 Å². The number of carbonyl (C=O) groups is 2. The summed E-state index contributed by atoms with van der Waals surface area (Å²) in [6, 6.07) is 10.7. The summed E-state index contributed by atoms with van der Waals surface area (Å²) < 4.78 is 0. The molecule has 0 spiro atoms. The van der Waals surface area contributed by atoms with E-state index in [4.69, 9.17) is 0 Å². The second-order valence-electron chi connectivity index (χ2n) is 9.29. The molecule has 1 aromatic carbocycles. The highest BCUT2D eigenvalue weighted by Crippen LogP contribution is 2.37. The molecule has 4 rings (SSSR count). The maximum absolute atomic E-state index is 13.1. The van der Waals surface area contributed by atoms with Crippen LogP contribution in [0.4, 0.5) is 4.79 Å². The lowest BCUT2D eigenvalue weighted by Crippen LogP contribution is -2.59. The molecule has 0 atom stereocenters. The zero-order valence-electron chi connectivity index (χ0n) is 18.1. The second kappa shape index (κ2) is 8.96. The number of amides is 2. The summed E-state index contributed by atoms with van der Waals surface area (Å²) in [7, 11) is 0. The van der Waals surface area contributed by atoms with Gasteiger partial charge in [0.1, 0.15) is 0 Å². The van der Waals surface area contributed by atoms with Crippen molar-refractivity contribution in [1.29, 1.82) is 0 Å². The Bertz CT molecular complexity index is 733. The summed E-state index contributed by atoms with van der Waals surface area (Å²) in [5.41, 5.74) is 1.32. The fourth-order valence-electron chi connectivity index (χ4n) is 5.39. The molecule has 30 heavy (non-hydrogen) atoms. The monoisotopic (exact) mass is 413 g/mol. The standard InChI is InChI=1S/C24H35N3O3/c1-2-24(12-16-25(17-13-24)23(29)30)26-14-10-21(11-15-26)27(22(28)20-8-9-20)18-19-6-4-3-5-7-19/h3-7,20-21H,2,8-18H2,1H3,(H,29,30). The Morgan fingerprint density at radius 3 is 2.20 bits per heavy atom. The summed E-state index contributed by atoms with van der Waals surface area (Å²) in [5.74, 6) is 0.589. The average Bonchev–Trinajstić information content (AvgIpc) is 3.63. The van der Waals surface area contributed by atoms with E-state index >= 15 is 0 Å². The number of hydrogen-bond donors (Lipinski definition) is 1. The normalized spacial score (nSPS) is 22.6. The summed E-state index contributed by atoms with van der Waals surface area (Å²) in [6.07, 6.45) is 6.19. The van der Waals surface area contributed by atoms with Crippen LogP contribution < -0.4 is 0 Å². The van der Waals surface area contributed by atoms with Gasteiger partial charge in [-0.3, -0.25) is 9.69 Å². The van der Waals surface area contributed by atoms with E-state index in [9.17, 15) is 14.7 Å². The first kappa shape index (κ1) is 21.2. The number of carbonyl (C=O) groups excluding carboxylic acids is 1. The molecule has 2 aliphatic heterocycles. The molecule has 0 aromatic heterocycles. The number of nitrogens with zero attached hydrogens (tertiary/aromatic N) is 3. The van der Waals surface area contributed by atoms with Crippen molar-refractivity contribution in [2.45, 2.75) is 70.0 Å². The Morgan fingerprint density at radius 1 is 1.03 bits per heavy atom. The Kier molecular flexibility index (Phi) is 6.32. The first-order chi connectivity index (χ1) is 14.5. The highest BCUT2D eigenvalue weighted by atomic mass is 16.4. The summed E-state index contributed by atoms with van der Waals surface area (Å²) in [4.78, 5) is 30.7. The maximum atomic E-state index is 13.1. The van der Waals surface area contributed by atoms with Gasteiger partial charge in [-0.1, -0.05) is 37.3 Å². The van der Waals surface area contributed by atoms with Crippen molar-refractivity contribution in [2.24, 2.45) is 5.92 Å². The van der Waals surface area contributed by atoms with Crippen molar-refractivity contribution in [3.05, 3.63) is 35.9 Å². The van der Waals surface area contributed by atoms with E-state index in [1.54, 1.807) is 4.90 Å². The van der Waals surface area contributed by atoms with Crippen LogP contribution in [-0.2, 0) is 11.3 Å². The fraction of sp³-hybridized carbons (Fsp3) is 0.667. The summed E-state index contributed by atoms with van der Waals surface area (Å²) in [6.45, 7) is 6.20. The predicted octanol–water partition coefficient (Wildman–Crippen LogP) is 3.81. The minimum atomic E-state index is -0.798. The molecule has 2 heterocycles. The van der Waals surface area contributed by atoms with Crippen molar-refractivity contribution in [3.8, 4) is 0 Å². The third-order valence-corrected chi connectivity index (χ3v) is 7.60. The van der Waals surface area contributed by atoms with Gasteiger partial charge < -0.3 is 14.9 Å². The summed E-state index contributed by atoms with van der Waals surface area (Å²) in [5, 5.41) is 9.29. The maximum Gasteiger partial charge on any atom is 0.407 e. The van der Waals surface area contributed by atoms with Crippen LogP contribution in [0.25, 0.3) is 0 Å². The van der Waals surface area contributed by atoms with Crippen LogP contribution in [0.15, 0.2) is 30.3 Å². The number of piperidine rings is 2. The van der Waals surface area contributed by atoms with E-state index in [0.717, 1.165) is 58.0 Å². The number of likely N-dealkylation sites (tertiary alicyclic amines) is 2. The van der Waals surface area contributed by atoms with Crippen LogP contribution in [0.5, 0.6) is 0 Å². The lowest BCUT2D eigenvalue weighted by Gasteiger charge is -2.51. The molecule has 2 saturated heterocycles. The molecule has 0 radical (unpaired) electrons. The van der Waals surface area contributed by atoms with Crippen LogP contribution in [0.2, 0.25) is 0 Å². The van der Waals surface area contributed by atoms with E-state index in [1.807, 2.05) is 18.2 Å². The van der Waals surface area contributed by atoms with Gasteiger partial charge in [0.15, 0.2) is 0 Å². The number of hydrogen-bond acceptors (Lipinski definition) is 3. The third kappa shape index (κ3) is 4.48. The molecule has 1 aliphatic carbocycles. The largest absolute Gasteiger partial charge is 0.465 e. The quantitative estimate of drug-likeness (QED) is 0.770. The van der Waals surface area contributed by atoms with E-state index in [2.05, 4.69) is 28.9 Å². The molecule has 2 amide bonds. The van der Waals surface area contributed by atoms with Crippen LogP contribution in [0.1, 0.15) is 57.4 Å². The van der Waals surface area contributed by atoms with Gasteiger partial charge in [-0.05, 0) is 50.5 Å². The van der Waals surface area contributed by atoms with Crippen LogP contribution in [0, 0.1) is 5.92 Å². The number of rotatable bonds is 6. The van der Waals surface area contributed by atoms with E-state index in [-0.39, 0.29) is 11.5 Å². The molecule has 0 unspecified atom stereocenters. The first-order valence-corrected chi connectivity index (χ1v) is 11.6. The van der Waals surface area contributed by atoms with E-state index < -0.39 is 6.09 Å². The van der Waals surface area contributed by atoms with Gasteiger partial charge in [-0.25, -0.2) is 4.79 Å². The van der Waals surface area contributed by atoms with Crippen molar-refractivity contribution in [2.75, 3.05) is 26.2 Å². The van der Waals surface area contributed by atoms with Crippen LogP contribution in [-0.4, -0.2) is 69.6 Å². The number of benzene rings is 1. The fourth-order valence-corrected chi connectivity index (χ4v) is 5.39. The predicted molar refractivity (Wildman–Crippen MR) is 116 cm³/mol. The summed E-state index contributed by atoms with van der Waals surface area (Å²) >= 11 is 0. The Balaban J connectivity index is 1.40. The van der Waals surface area contributed by atoms with Gasteiger partial charge in [0, 0.05) is 50.2 Å². The van der Waals surface area contributed by atoms with Crippen molar-refractivity contribution < 1.29 is 14.7 Å². The van der Waals surface area contributed by atoms with Gasteiger partial charge in [-0.2, -0.15) is 0 Å². The average molecular weight is 414 g/mol. The molecule has 1 aromatic rings. The molecule has 3 fully saturated rings. The molecule has 3 aliphatic rings. The smallest absolute Gasteiger partial charge is 0.407 e. The zero-order chi connectivity index (χ0) is 21.1. The Morgan fingerprint density at radius 2 is 1.67 bits per heavy atom. The Hall–Kier alpha value is -2.08. The van der Waals surface area contributed by atoms with Crippen LogP contribution in [0.3, 0.4) is 0 Å². The van der Waals surface area contributed by atoms with Gasteiger partial charge in [0.2, 0.25) is 5.91 Å². The van der Waals surface area contributed by atoms with E-state index in [1.165, 1.54) is 5.56 Å². The van der Waals surface area contributed by atoms with Crippen molar-refractivity contribution in [3.63, 3.8) is 0 Å². The van der Waals surface area contributed by atoms with Crippen molar-refractivity contribution >= 4 is 12.0 Å². The molecule has 6 heteroatoms. The van der Waals surface area contributed by atoms with Crippen molar-refractivity contribution in [1.82, 2.24) is 14.7 Å². The van der Waals surface area contributed by atoms with E-state index in [0.29, 0.717) is 31.6 Å². The molecular weight excluding hydrogens is 378 g/mol. The molecule has 6 nitrogen and oxygen atoms in total. The van der Waals surface area contributed by atoms with Gasteiger partial charge in [0.05, 0.1) is 0 Å². The SMILES string of the molecule is CCC1(N2CCC(N(Cc3ccccc3)C(=O)C3CC3)CC2)CCN(C(=O)O)CC1. The molecular formula is C24H35N3O3. The molecule has 0 bridgehead atoms. The highest BCUT2D eigenvalue weighted by Gasteiger charge is 2.43. The lowest BCUT2D eigenvalue weighted by atomic mass is 9.81. The first-order valence-electron chi connectivity index (χ1n) is 11.6. The topological polar surface area (TPSA) is 64.1 Å².